The highest BCUT2D eigenvalue weighted by Crippen LogP contribution is 1.96. The molecule has 0 unspecified atom stereocenters. The Morgan fingerprint density at radius 1 is 1.50 bits per heavy atom. The molecule has 10 heavy (non-hydrogen) atoms. The number of pyridine rings is 1. The molecule has 3 heteroatoms. The Labute approximate surface area is 78.1 Å². The molecule has 0 aliphatic rings. The molecule has 1 aromatic heterocycles. The number of hydrogen-bond donors (Lipinski definition) is 1. The number of anilines is 1. The number of rotatable bonds is 0. The number of hydrogen-bond acceptors (Lipinski definition) is 1. The van der Waals surface area contributed by atoms with E-state index in [0.29, 0.717) is 0 Å². The van der Waals surface area contributed by atoms with Crippen LogP contribution in [0.1, 0.15) is 5.56 Å². The van der Waals surface area contributed by atoms with Crippen LogP contribution in [0.3, 0.4) is 0 Å². The summed E-state index contributed by atoms with van der Waals surface area (Å²) in [7, 11) is 1.93. The fourth-order valence-corrected chi connectivity index (χ4v) is 0.699. The van der Waals surface area contributed by atoms with E-state index in [1.807, 2.05) is 36.9 Å². The fraction of sp³-hybridized carbons (Fsp3) is 0.286. The van der Waals surface area contributed by atoms with Gasteiger partial charge < -0.3 is 24.0 Å². The van der Waals surface area contributed by atoms with Gasteiger partial charge in [0.1, 0.15) is 0 Å². The van der Waals surface area contributed by atoms with Crippen LogP contribution in [-0.2, 0) is 7.05 Å². The van der Waals surface area contributed by atoms with Crippen LogP contribution in [0.25, 0.3) is 0 Å². The monoisotopic (exact) mass is 250 g/mol. The smallest absolute Gasteiger partial charge is 0.272 e. The molecule has 0 aliphatic carbocycles. The molecule has 0 saturated heterocycles. The first-order valence-corrected chi connectivity index (χ1v) is 2.92. The summed E-state index contributed by atoms with van der Waals surface area (Å²) in [5.74, 6) is 0.801. The zero-order chi connectivity index (χ0) is 6.85. The van der Waals surface area contributed by atoms with Crippen LogP contribution in [0.15, 0.2) is 18.3 Å². The molecule has 0 saturated carbocycles. The molecule has 0 aromatic carbocycles. The predicted octanol–water partition coefficient (Wildman–Crippen LogP) is -2.59. The van der Waals surface area contributed by atoms with E-state index in [9.17, 15) is 0 Å². The third-order valence-corrected chi connectivity index (χ3v) is 1.34. The summed E-state index contributed by atoms with van der Waals surface area (Å²) in [6, 6.07) is 3.97. The summed E-state index contributed by atoms with van der Waals surface area (Å²) in [5.41, 5.74) is 6.78. The molecule has 1 aromatic rings. The van der Waals surface area contributed by atoms with E-state index in [1.165, 1.54) is 5.56 Å². The molecule has 0 fully saturated rings. The van der Waals surface area contributed by atoms with Crippen molar-refractivity contribution in [3.05, 3.63) is 23.9 Å². The maximum absolute atomic E-state index is 5.58. The molecule has 0 aliphatic heterocycles. The number of aryl methyl sites for hydroxylation is 2. The minimum absolute atomic E-state index is 0. The number of nitrogens with two attached hydrogens (primary N) is 1. The standard InChI is InChI=1S/C7H10N2.HI/c1-6-3-4-9(2)7(8)5-6;/h3-5,8H,1-2H3;1H. The fourth-order valence-electron chi connectivity index (χ4n) is 0.699. The first-order chi connectivity index (χ1) is 4.20. The van der Waals surface area contributed by atoms with Gasteiger partial charge in [0.15, 0.2) is 0 Å². The van der Waals surface area contributed by atoms with Gasteiger partial charge in [0.05, 0.1) is 13.2 Å². The summed E-state index contributed by atoms with van der Waals surface area (Å²) in [6.07, 6.45) is 1.95. The number of nitrogens with zero attached hydrogens (tertiary/aromatic N) is 1. The number of nitrogen functional groups attached to an aromatic ring is 1. The zero-order valence-electron chi connectivity index (χ0n) is 6.13. The van der Waals surface area contributed by atoms with Crippen LogP contribution in [-0.4, -0.2) is 0 Å². The Hall–Kier alpha value is -0.320. The lowest BCUT2D eigenvalue weighted by molar-refractivity contribution is -0.656. The van der Waals surface area contributed by atoms with Gasteiger partial charge in [0.2, 0.25) is 0 Å². The van der Waals surface area contributed by atoms with E-state index in [2.05, 4.69) is 0 Å². The molecule has 1 heterocycles. The molecule has 0 radical (unpaired) electrons. The van der Waals surface area contributed by atoms with Crippen molar-refractivity contribution in [2.75, 3.05) is 5.73 Å². The van der Waals surface area contributed by atoms with E-state index in [-0.39, 0.29) is 24.0 Å². The summed E-state index contributed by atoms with van der Waals surface area (Å²) < 4.78 is 1.88. The lowest BCUT2D eigenvalue weighted by atomic mass is 10.3. The SMILES string of the molecule is Cc1cc[n+](C)c(N)c1.[I-]. The quantitative estimate of drug-likeness (QED) is 0.397. The molecule has 2 N–H and O–H groups in total. The van der Waals surface area contributed by atoms with Gasteiger partial charge in [0, 0.05) is 6.07 Å². The summed E-state index contributed by atoms with van der Waals surface area (Å²) in [5, 5.41) is 0. The molecule has 0 atom stereocenters. The maximum atomic E-state index is 5.58. The molecule has 56 valence electrons. The molecule has 0 spiro atoms. The average Bonchev–Trinajstić information content (AvgIpc) is 1.80. The summed E-state index contributed by atoms with van der Waals surface area (Å²) in [4.78, 5) is 0. The molecular weight excluding hydrogens is 239 g/mol. The highest BCUT2D eigenvalue weighted by molar-refractivity contribution is 5.25. The zero-order valence-corrected chi connectivity index (χ0v) is 8.29. The minimum Gasteiger partial charge on any atom is -1.00 e. The largest absolute Gasteiger partial charge is 1.00 e. The van der Waals surface area contributed by atoms with Crippen LogP contribution in [0.5, 0.6) is 0 Å². The maximum Gasteiger partial charge on any atom is 0.272 e. The lowest BCUT2D eigenvalue weighted by Crippen LogP contribution is -3.00. The first kappa shape index (κ1) is 9.68. The van der Waals surface area contributed by atoms with Crippen molar-refractivity contribution in [1.29, 1.82) is 0 Å². The van der Waals surface area contributed by atoms with Gasteiger partial charge in [-0.15, -0.1) is 0 Å². The van der Waals surface area contributed by atoms with E-state index >= 15 is 0 Å². The van der Waals surface area contributed by atoms with Gasteiger partial charge in [-0.2, -0.15) is 0 Å². The van der Waals surface area contributed by atoms with Gasteiger partial charge in [0.25, 0.3) is 5.82 Å². The van der Waals surface area contributed by atoms with Crippen LogP contribution in [0.2, 0.25) is 0 Å². The van der Waals surface area contributed by atoms with Gasteiger partial charge in [-0.1, -0.05) is 0 Å². The van der Waals surface area contributed by atoms with Crippen molar-refractivity contribution in [2.45, 2.75) is 6.92 Å². The van der Waals surface area contributed by atoms with Crippen molar-refractivity contribution in [1.82, 2.24) is 0 Å². The van der Waals surface area contributed by atoms with Crippen molar-refractivity contribution in [3.63, 3.8) is 0 Å². The van der Waals surface area contributed by atoms with Gasteiger partial charge >= 0.3 is 0 Å². The van der Waals surface area contributed by atoms with Crippen molar-refractivity contribution >= 4 is 5.82 Å². The first-order valence-electron chi connectivity index (χ1n) is 2.92. The van der Waals surface area contributed by atoms with Gasteiger partial charge in [-0.05, 0) is 18.6 Å². The molecule has 0 amide bonds. The van der Waals surface area contributed by atoms with E-state index < -0.39 is 0 Å². The van der Waals surface area contributed by atoms with Crippen LogP contribution >= 0.6 is 0 Å². The highest BCUT2D eigenvalue weighted by atomic mass is 127. The van der Waals surface area contributed by atoms with Crippen LogP contribution in [0.4, 0.5) is 5.82 Å². The number of halogens is 1. The average molecular weight is 250 g/mol. The topological polar surface area (TPSA) is 29.9 Å². The summed E-state index contributed by atoms with van der Waals surface area (Å²) >= 11 is 0. The minimum atomic E-state index is 0. The summed E-state index contributed by atoms with van der Waals surface area (Å²) in [6.45, 7) is 2.02. The highest BCUT2D eigenvalue weighted by Gasteiger charge is 1.95. The third kappa shape index (κ3) is 2.13. The molecular formula is C7H11IN2. The normalized spacial score (nSPS) is 8.60. The van der Waals surface area contributed by atoms with Crippen molar-refractivity contribution in [2.24, 2.45) is 7.05 Å². The molecule has 2 nitrogen and oxygen atoms in total. The lowest BCUT2D eigenvalue weighted by Gasteiger charge is -1.94. The molecule has 1 rings (SSSR count). The van der Waals surface area contributed by atoms with Crippen molar-refractivity contribution < 1.29 is 28.5 Å². The van der Waals surface area contributed by atoms with E-state index in [0.717, 1.165) is 5.82 Å². The second kappa shape index (κ2) is 3.75. The van der Waals surface area contributed by atoms with Crippen molar-refractivity contribution in [3.8, 4) is 0 Å². The Morgan fingerprint density at radius 2 is 2.10 bits per heavy atom. The number of aromatic nitrogens is 1. The van der Waals surface area contributed by atoms with Gasteiger partial charge in [-0.3, -0.25) is 5.73 Å². The van der Waals surface area contributed by atoms with E-state index in [4.69, 9.17) is 5.73 Å². The second-order valence-corrected chi connectivity index (χ2v) is 2.24. The molecule has 0 bridgehead atoms. The van der Waals surface area contributed by atoms with Crippen LogP contribution < -0.4 is 34.3 Å². The Morgan fingerprint density at radius 3 is 2.50 bits per heavy atom. The van der Waals surface area contributed by atoms with E-state index in [1.54, 1.807) is 0 Å². The van der Waals surface area contributed by atoms with Crippen LogP contribution in [0, 0.1) is 6.92 Å². The Bertz CT molecular complexity index is 223. The Kier molecular flexibility index (Phi) is 3.63. The predicted molar refractivity (Wildman–Crippen MR) is 36.8 cm³/mol. The second-order valence-electron chi connectivity index (χ2n) is 2.24. The van der Waals surface area contributed by atoms with Gasteiger partial charge in [-0.25, -0.2) is 4.57 Å². The third-order valence-electron chi connectivity index (χ3n) is 1.34. The Balaban J connectivity index is 0.000000810.